The molecular weight excluding hydrogens is 266 g/mol. The molecule has 0 bridgehead atoms. The summed E-state index contributed by atoms with van der Waals surface area (Å²) in [5, 5.41) is 16.7. The first-order valence-corrected chi connectivity index (χ1v) is 7.04. The summed E-state index contributed by atoms with van der Waals surface area (Å²) in [5.41, 5.74) is 4.65. The first-order chi connectivity index (χ1) is 9.97. The maximum absolute atomic E-state index is 12.1. The Balaban J connectivity index is 1.93. The standard InChI is InChI=1S/C15H21N5O/c1-9-5-10(2)13(11(3)6-9)7-14(21)16-8-12(4)15-17-19-20-18-15/h5-6,12H,7-8H2,1-4H3,(H,16,21)(H,17,18,19,20). The van der Waals surface area contributed by atoms with Crippen LogP contribution in [-0.2, 0) is 11.2 Å². The molecule has 2 aromatic rings. The number of aryl methyl sites for hydroxylation is 3. The molecule has 0 saturated carbocycles. The molecule has 0 saturated heterocycles. The van der Waals surface area contributed by atoms with Gasteiger partial charge in [-0.1, -0.05) is 29.8 Å². The average molecular weight is 287 g/mol. The van der Waals surface area contributed by atoms with Gasteiger partial charge in [-0.05, 0) is 37.5 Å². The molecule has 1 aromatic carbocycles. The first kappa shape index (κ1) is 15.2. The van der Waals surface area contributed by atoms with Crippen LogP contribution in [0.4, 0.5) is 0 Å². The molecule has 2 rings (SSSR count). The number of carbonyl (C=O) groups is 1. The van der Waals surface area contributed by atoms with Crippen LogP contribution in [0.3, 0.4) is 0 Å². The van der Waals surface area contributed by atoms with Crippen LogP contribution in [-0.4, -0.2) is 33.1 Å². The average Bonchev–Trinajstić information content (AvgIpc) is 2.94. The van der Waals surface area contributed by atoms with E-state index in [1.54, 1.807) is 0 Å². The van der Waals surface area contributed by atoms with Crippen LogP contribution in [0, 0.1) is 20.8 Å². The molecule has 21 heavy (non-hydrogen) atoms. The predicted octanol–water partition coefficient (Wildman–Crippen LogP) is 1.59. The van der Waals surface area contributed by atoms with E-state index in [9.17, 15) is 4.79 Å². The lowest BCUT2D eigenvalue weighted by Crippen LogP contribution is -2.29. The van der Waals surface area contributed by atoms with Crippen molar-refractivity contribution in [3.05, 3.63) is 40.2 Å². The Labute approximate surface area is 124 Å². The van der Waals surface area contributed by atoms with Crippen molar-refractivity contribution in [2.75, 3.05) is 6.54 Å². The number of benzene rings is 1. The molecule has 0 fully saturated rings. The van der Waals surface area contributed by atoms with Crippen molar-refractivity contribution in [2.45, 2.75) is 40.0 Å². The molecule has 2 N–H and O–H groups in total. The summed E-state index contributed by atoms with van der Waals surface area (Å²) < 4.78 is 0. The Morgan fingerprint density at radius 1 is 1.29 bits per heavy atom. The smallest absolute Gasteiger partial charge is 0.224 e. The number of aromatic nitrogens is 4. The highest BCUT2D eigenvalue weighted by molar-refractivity contribution is 5.79. The van der Waals surface area contributed by atoms with Gasteiger partial charge in [0.15, 0.2) is 5.82 Å². The van der Waals surface area contributed by atoms with Gasteiger partial charge in [0.25, 0.3) is 0 Å². The van der Waals surface area contributed by atoms with Gasteiger partial charge in [0.1, 0.15) is 0 Å². The fourth-order valence-electron chi connectivity index (χ4n) is 2.45. The molecule has 6 heteroatoms. The minimum atomic E-state index is 0.0143. The van der Waals surface area contributed by atoms with E-state index in [-0.39, 0.29) is 11.8 Å². The molecule has 6 nitrogen and oxygen atoms in total. The number of tetrazole rings is 1. The lowest BCUT2D eigenvalue weighted by atomic mass is 9.97. The Morgan fingerprint density at radius 3 is 2.52 bits per heavy atom. The molecule has 112 valence electrons. The van der Waals surface area contributed by atoms with Crippen molar-refractivity contribution in [2.24, 2.45) is 0 Å². The Morgan fingerprint density at radius 2 is 1.95 bits per heavy atom. The molecule has 1 aromatic heterocycles. The van der Waals surface area contributed by atoms with Crippen LogP contribution in [0.2, 0.25) is 0 Å². The summed E-state index contributed by atoms with van der Waals surface area (Å²) >= 11 is 0. The number of nitrogens with one attached hydrogen (secondary N) is 2. The van der Waals surface area contributed by atoms with E-state index in [0.29, 0.717) is 18.8 Å². The maximum Gasteiger partial charge on any atom is 0.224 e. The third-order valence-electron chi connectivity index (χ3n) is 3.59. The van der Waals surface area contributed by atoms with Gasteiger partial charge < -0.3 is 5.32 Å². The summed E-state index contributed by atoms with van der Waals surface area (Å²) in [6.45, 7) is 8.61. The number of hydrogen-bond acceptors (Lipinski definition) is 4. The van der Waals surface area contributed by atoms with E-state index in [1.807, 2.05) is 20.8 Å². The van der Waals surface area contributed by atoms with Crippen LogP contribution < -0.4 is 5.32 Å². The quantitative estimate of drug-likeness (QED) is 0.874. The fraction of sp³-hybridized carbons (Fsp3) is 0.467. The molecular formula is C15H21N5O. The summed E-state index contributed by atoms with van der Waals surface area (Å²) in [6.07, 6.45) is 0.400. The van der Waals surface area contributed by atoms with Gasteiger partial charge in [0.2, 0.25) is 5.91 Å². The van der Waals surface area contributed by atoms with Gasteiger partial charge in [-0.3, -0.25) is 4.79 Å². The molecule has 0 aliphatic carbocycles. The van der Waals surface area contributed by atoms with Crippen LogP contribution in [0.1, 0.15) is 40.9 Å². The van der Waals surface area contributed by atoms with E-state index >= 15 is 0 Å². The molecule has 1 atom stereocenters. The number of nitrogens with zero attached hydrogens (tertiary/aromatic N) is 3. The maximum atomic E-state index is 12.1. The second-order valence-corrected chi connectivity index (χ2v) is 5.53. The lowest BCUT2D eigenvalue weighted by Gasteiger charge is -2.13. The van der Waals surface area contributed by atoms with E-state index in [2.05, 4.69) is 45.0 Å². The van der Waals surface area contributed by atoms with Gasteiger partial charge in [-0.15, -0.1) is 10.2 Å². The zero-order valence-electron chi connectivity index (χ0n) is 12.9. The van der Waals surface area contributed by atoms with Crippen molar-refractivity contribution < 1.29 is 4.79 Å². The number of H-pyrrole nitrogens is 1. The van der Waals surface area contributed by atoms with Crippen molar-refractivity contribution in [3.63, 3.8) is 0 Å². The van der Waals surface area contributed by atoms with Gasteiger partial charge in [0.05, 0.1) is 6.42 Å². The molecule has 0 spiro atoms. The highest BCUT2D eigenvalue weighted by atomic mass is 16.1. The fourth-order valence-corrected chi connectivity index (χ4v) is 2.45. The summed E-state index contributed by atoms with van der Waals surface area (Å²) in [5.74, 6) is 0.659. The number of amides is 1. The SMILES string of the molecule is Cc1cc(C)c(CC(=O)NCC(C)c2nn[nH]n2)c(C)c1. The molecule has 0 aliphatic heterocycles. The van der Waals surface area contributed by atoms with Crippen LogP contribution in [0.25, 0.3) is 0 Å². The minimum Gasteiger partial charge on any atom is -0.355 e. The topological polar surface area (TPSA) is 83.6 Å². The summed E-state index contributed by atoms with van der Waals surface area (Å²) in [6, 6.07) is 4.22. The van der Waals surface area contributed by atoms with E-state index in [1.165, 1.54) is 5.56 Å². The summed E-state index contributed by atoms with van der Waals surface area (Å²) in [4.78, 5) is 12.1. The predicted molar refractivity (Wildman–Crippen MR) is 80.0 cm³/mol. The van der Waals surface area contributed by atoms with Gasteiger partial charge in [0, 0.05) is 12.5 Å². The number of aromatic amines is 1. The Kier molecular flexibility index (Phi) is 4.67. The van der Waals surface area contributed by atoms with Crippen molar-refractivity contribution in [1.82, 2.24) is 25.9 Å². The number of rotatable bonds is 5. The van der Waals surface area contributed by atoms with E-state index in [4.69, 9.17) is 0 Å². The largest absolute Gasteiger partial charge is 0.355 e. The minimum absolute atomic E-state index is 0.0143. The van der Waals surface area contributed by atoms with Crippen LogP contribution >= 0.6 is 0 Å². The van der Waals surface area contributed by atoms with Crippen molar-refractivity contribution >= 4 is 5.91 Å². The second kappa shape index (κ2) is 6.47. The zero-order valence-corrected chi connectivity index (χ0v) is 12.9. The molecule has 1 heterocycles. The normalized spacial score (nSPS) is 12.2. The van der Waals surface area contributed by atoms with Crippen molar-refractivity contribution in [1.29, 1.82) is 0 Å². The van der Waals surface area contributed by atoms with Crippen LogP contribution in [0.15, 0.2) is 12.1 Å². The highest BCUT2D eigenvalue weighted by Crippen LogP contribution is 2.17. The molecule has 0 aliphatic rings. The molecule has 1 amide bonds. The van der Waals surface area contributed by atoms with Gasteiger partial charge in [-0.25, -0.2) is 0 Å². The lowest BCUT2D eigenvalue weighted by molar-refractivity contribution is -0.120. The number of hydrogen-bond donors (Lipinski definition) is 2. The molecule has 1 unspecified atom stereocenters. The van der Waals surface area contributed by atoms with Crippen LogP contribution in [0.5, 0.6) is 0 Å². The summed E-state index contributed by atoms with van der Waals surface area (Å²) in [7, 11) is 0. The second-order valence-electron chi connectivity index (χ2n) is 5.53. The number of carbonyl (C=O) groups excluding carboxylic acids is 1. The van der Waals surface area contributed by atoms with E-state index < -0.39 is 0 Å². The van der Waals surface area contributed by atoms with E-state index in [0.717, 1.165) is 16.7 Å². The highest BCUT2D eigenvalue weighted by Gasteiger charge is 2.13. The van der Waals surface area contributed by atoms with Crippen molar-refractivity contribution in [3.8, 4) is 0 Å². The monoisotopic (exact) mass is 287 g/mol. The third kappa shape index (κ3) is 3.87. The van der Waals surface area contributed by atoms with Gasteiger partial charge >= 0.3 is 0 Å². The zero-order chi connectivity index (χ0) is 15.4. The third-order valence-corrected chi connectivity index (χ3v) is 3.59. The molecule has 0 radical (unpaired) electrons. The Hall–Kier alpha value is -2.24. The Bertz CT molecular complexity index is 598. The first-order valence-electron chi connectivity index (χ1n) is 7.04. The van der Waals surface area contributed by atoms with Gasteiger partial charge in [-0.2, -0.15) is 5.21 Å².